The molecule has 4 nitrogen and oxygen atoms in total. The molecule has 130 valence electrons. The zero-order valence-electron chi connectivity index (χ0n) is 16.1. The van der Waals surface area contributed by atoms with Crippen LogP contribution in [-0.4, -0.2) is 22.7 Å². The average Bonchev–Trinajstić information content (AvgIpc) is 2.91. The van der Waals surface area contributed by atoms with E-state index in [1.165, 1.54) is 5.56 Å². The molecule has 0 aliphatic carbocycles. The summed E-state index contributed by atoms with van der Waals surface area (Å²) in [4.78, 5) is 14.6. The van der Waals surface area contributed by atoms with Crippen LogP contribution < -0.4 is 4.90 Å². The molecule has 0 saturated carbocycles. The Kier molecular flexibility index (Phi) is 4.88. The van der Waals surface area contributed by atoms with Crippen LogP contribution in [0.2, 0.25) is 0 Å². The summed E-state index contributed by atoms with van der Waals surface area (Å²) in [6, 6.07) is 8.04. The molecule has 4 heteroatoms. The van der Waals surface area contributed by atoms with Crippen LogP contribution in [0.1, 0.15) is 67.8 Å². The minimum Gasteiger partial charge on any atom is -0.310 e. The molecule has 0 aliphatic heterocycles. The predicted molar refractivity (Wildman–Crippen MR) is 100.0 cm³/mol. The van der Waals surface area contributed by atoms with E-state index in [0.717, 1.165) is 16.9 Å². The summed E-state index contributed by atoms with van der Waals surface area (Å²) in [6.07, 6.45) is 0. The number of nitrogens with zero attached hydrogens (tertiary/aromatic N) is 3. The highest BCUT2D eigenvalue weighted by Gasteiger charge is 2.25. The normalized spacial score (nSPS) is 11.9. The summed E-state index contributed by atoms with van der Waals surface area (Å²) in [7, 11) is 1.81. The lowest BCUT2D eigenvalue weighted by Crippen LogP contribution is -2.29. The number of hydrogen-bond donors (Lipinski definition) is 0. The van der Waals surface area contributed by atoms with Crippen molar-refractivity contribution in [3.05, 3.63) is 46.8 Å². The lowest BCUT2D eigenvalue weighted by molar-refractivity contribution is 0.0986. The summed E-state index contributed by atoms with van der Waals surface area (Å²) in [5.74, 6) is 0.233. The third-order valence-electron chi connectivity index (χ3n) is 4.20. The molecule has 0 spiro atoms. The first-order chi connectivity index (χ1) is 11.0. The highest BCUT2D eigenvalue weighted by atomic mass is 16.2. The summed E-state index contributed by atoms with van der Waals surface area (Å²) >= 11 is 0. The van der Waals surface area contributed by atoms with E-state index in [-0.39, 0.29) is 11.4 Å². The van der Waals surface area contributed by atoms with Gasteiger partial charge in [0.2, 0.25) is 0 Å². The van der Waals surface area contributed by atoms with Gasteiger partial charge in [-0.15, -0.1) is 0 Å². The Morgan fingerprint density at radius 3 is 2.25 bits per heavy atom. The molecule has 0 saturated heterocycles. The molecule has 1 aromatic carbocycles. The topological polar surface area (TPSA) is 38.1 Å². The molecule has 0 bridgehead atoms. The van der Waals surface area contributed by atoms with E-state index in [1.807, 2.05) is 36.9 Å². The van der Waals surface area contributed by atoms with Crippen LogP contribution in [0.5, 0.6) is 0 Å². The molecule has 0 atom stereocenters. The highest BCUT2D eigenvalue weighted by Crippen LogP contribution is 2.26. The summed E-state index contributed by atoms with van der Waals surface area (Å²) in [5, 5.41) is 4.62. The fraction of sp³-hybridized carbons (Fsp3) is 0.500. The van der Waals surface area contributed by atoms with Gasteiger partial charge >= 0.3 is 0 Å². The SMILES string of the molecule is Cc1ccc(N(C)C(=O)c2cc(C(C)C)n(C(C)(C)C)n2)c(C)c1. The van der Waals surface area contributed by atoms with Gasteiger partial charge in [0.25, 0.3) is 5.91 Å². The molecular weight excluding hydrogens is 298 g/mol. The van der Waals surface area contributed by atoms with Gasteiger partial charge in [-0.05, 0) is 58.2 Å². The van der Waals surface area contributed by atoms with Crippen molar-refractivity contribution in [3.63, 3.8) is 0 Å². The fourth-order valence-electron chi connectivity index (χ4n) is 2.91. The summed E-state index contributed by atoms with van der Waals surface area (Å²) in [6.45, 7) is 14.6. The van der Waals surface area contributed by atoms with Gasteiger partial charge in [0.1, 0.15) is 0 Å². The largest absolute Gasteiger partial charge is 0.310 e. The lowest BCUT2D eigenvalue weighted by Gasteiger charge is -2.24. The third-order valence-corrected chi connectivity index (χ3v) is 4.20. The third kappa shape index (κ3) is 3.53. The van der Waals surface area contributed by atoms with Crippen LogP contribution in [0.25, 0.3) is 0 Å². The molecule has 0 N–H and O–H groups in total. The Morgan fingerprint density at radius 2 is 1.79 bits per heavy atom. The second-order valence-corrected chi connectivity index (χ2v) is 7.85. The van der Waals surface area contributed by atoms with Gasteiger partial charge in [0.05, 0.1) is 5.54 Å². The monoisotopic (exact) mass is 327 g/mol. The molecule has 0 fully saturated rings. The van der Waals surface area contributed by atoms with Crippen molar-refractivity contribution < 1.29 is 4.79 Å². The molecule has 1 aromatic heterocycles. The first-order valence-electron chi connectivity index (χ1n) is 8.48. The van der Waals surface area contributed by atoms with Crippen molar-refractivity contribution in [3.8, 4) is 0 Å². The summed E-state index contributed by atoms with van der Waals surface area (Å²) < 4.78 is 1.97. The molecule has 1 heterocycles. The maximum absolute atomic E-state index is 12.9. The minimum absolute atomic E-state index is 0.0770. The second-order valence-electron chi connectivity index (χ2n) is 7.85. The van der Waals surface area contributed by atoms with E-state index in [9.17, 15) is 4.79 Å². The molecular formula is C20H29N3O. The van der Waals surface area contributed by atoms with E-state index in [0.29, 0.717) is 11.6 Å². The van der Waals surface area contributed by atoms with Gasteiger partial charge in [-0.2, -0.15) is 5.10 Å². The lowest BCUT2D eigenvalue weighted by atomic mass is 10.1. The molecule has 0 unspecified atom stereocenters. The number of carbonyl (C=O) groups is 1. The first-order valence-corrected chi connectivity index (χ1v) is 8.48. The van der Waals surface area contributed by atoms with Crippen molar-refractivity contribution in [2.45, 2.75) is 59.9 Å². The van der Waals surface area contributed by atoms with Gasteiger partial charge in [0, 0.05) is 18.4 Å². The zero-order valence-corrected chi connectivity index (χ0v) is 16.1. The highest BCUT2D eigenvalue weighted by molar-refractivity contribution is 6.04. The predicted octanol–water partition coefficient (Wildman–Crippen LogP) is 4.65. The molecule has 24 heavy (non-hydrogen) atoms. The number of anilines is 1. The second kappa shape index (κ2) is 6.42. The molecule has 0 radical (unpaired) electrons. The van der Waals surface area contributed by atoms with Crippen LogP contribution in [0.4, 0.5) is 5.69 Å². The number of aromatic nitrogens is 2. The van der Waals surface area contributed by atoms with Gasteiger partial charge < -0.3 is 4.90 Å². The van der Waals surface area contributed by atoms with Crippen molar-refractivity contribution in [1.82, 2.24) is 9.78 Å². The Bertz CT molecular complexity index is 751. The number of benzene rings is 1. The average molecular weight is 327 g/mol. The van der Waals surface area contributed by atoms with E-state index in [4.69, 9.17) is 0 Å². The molecule has 1 amide bonds. The Labute approximate surface area is 145 Å². The number of aryl methyl sites for hydroxylation is 2. The molecule has 2 aromatic rings. The Morgan fingerprint density at radius 1 is 1.17 bits per heavy atom. The molecule has 2 rings (SSSR count). The standard InChI is InChI=1S/C20H29N3O/c1-13(2)18-12-16(21-23(18)20(5,6)7)19(24)22(8)17-10-9-14(3)11-15(17)4/h9-13H,1-8H3. The number of hydrogen-bond acceptors (Lipinski definition) is 2. The van der Waals surface area contributed by atoms with Crippen LogP contribution in [-0.2, 0) is 5.54 Å². The van der Waals surface area contributed by atoms with Gasteiger partial charge in [0.15, 0.2) is 5.69 Å². The first kappa shape index (κ1) is 18.2. The van der Waals surface area contributed by atoms with Crippen LogP contribution in [0, 0.1) is 13.8 Å². The Balaban J connectivity index is 2.42. The van der Waals surface area contributed by atoms with Crippen LogP contribution in [0.15, 0.2) is 24.3 Å². The number of amides is 1. The molecule has 0 aliphatic rings. The number of rotatable bonds is 3. The van der Waals surface area contributed by atoms with Crippen LogP contribution in [0.3, 0.4) is 0 Å². The van der Waals surface area contributed by atoms with Gasteiger partial charge in [-0.3, -0.25) is 9.48 Å². The van der Waals surface area contributed by atoms with Crippen molar-refractivity contribution >= 4 is 11.6 Å². The minimum atomic E-state index is -0.156. The number of carbonyl (C=O) groups excluding carboxylic acids is 1. The van der Waals surface area contributed by atoms with Gasteiger partial charge in [-0.1, -0.05) is 31.5 Å². The van der Waals surface area contributed by atoms with Crippen molar-refractivity contribution in [2.75, 3.05) is 11.9 Å². The van der Waals surface area contributed by atoms with Crippen molar-refractivity contribution in [2.24, 2.45) is 0 Å². The van der Waals surface area contributed by atoms with E-state index < -0.39 is 0 Å². The van der Waals surface area contributed by atoms with E-state index in [1.54, 1.807) is 4.90 Å². The maximum atomic E-state index is 12.9. The van der Waals surface area contributed by atoms with Crippen LogP contribution >= 0.6 is 0 Å². The fourth-order valence-corrected chi connectivity index (χ4v) is 2.91. The van der Waals surface area contributed by atoms with E-state index in [2.05, 4.69) is 52.7 Å². The van der Waals surface area contributed by atoms with E-state index >= 15 is 0 Å². The zero-order chi connectivity index (χ0) is 18.2. The van der Waals surface area contributed by atoms with Crippen molar-refractivity contribution in [1.29, 1.82) is 0 Å². The van der Waals surface area contributed by atoms with Gasteiger partial charge in [-0.25, -0.2) is 0 Å². The maximum Gasteiger partial charge on any atom is 0.278 e. The Hall–Kier alpha value is -2.10. The quantitative estimate of drug-likeness (QED) is 0.822. The smallest absolute Gasteiger partial charge is 0.278 e. The summed E-state index contributed by atoms with van der Waals surface area (Å²) in [5.41, 5.74) is 4.62.